The van der Waals surface area contributed by atoms with Gasteiger partial charge in [-0.15, -0.1) is 0 Å². The zero-order valence-electron chi connectivity index (χ0n) is 10.5. The smallest absolute Gasteiger partial charge is 0.334 e. The minimum atomic E-state index is -0.864. The van der Waals surface area contributed by atoms with Gasteiger partial charge in [0.05, 0.1) is 12.2 Å². The molecule has 0 saturated carbocycles. The molecule has 1 atom stereocenters. The monoisotopic (exact) mass is 272 g/mol. The lowest BCUT2D eigenvalue weighted by Gasteiger charge is -2.33. The molecule has 0 aliphatic carbocycles. The quantitative estimate of drug-likeness (QED) is 0.823. The molecule has 1 unspecified atom stereocenters. The van der Waals surface area contributed by atoms with E-state index in [-0.39, 0.29) is 12.6 Å². The number of para-hydroxylation sites is 2. The van der Waals surface area contributed by atoms with Crippen molar-refractivity contribution in [1.82, 2.24) is 9.55 Å². The van der Waals surface area contributed by atoms with Crippen LogP contribution in [0.3, 0.4) is 0 Å². The highest BCUT2D eigenvalue weighted by atomic mass is 16.5. The molecule has 2 heterocycles. The van der Waals surface area contributed by atoms with Crippen LogP contribution >= 0.6 is 0 Å². The van der Waals surface area contributed by atoms with Crippen molar-refractivity contribution in [2.75, 3.05) is 11.4 Å². The molecule has 102 valence electrons. The molecule has 1 aliphatic rings. The first-order valence-electron chi connectivity index (χ1n) is 6.01. The normalized spacial score (nSPS) is 17.2. The Morgan fingerprint density at radius 3 is 2.85 bits per heavy atom. The van der Waals surface area contributed by atoms with Gasteiger partial charge in [0.25, 0.3) is 5.91 Å². The number of fused-ring (bicyclic) bond motifs is 1. The molecule has 0 spiro atoms. The Bertz CT molecular complexity index is 653. The van der Waals surface area contributed by atoms with Gasteiger partial charge >= 0.3 is 6.03 Å². The highest BCUT2D eigenvalue weighted by Crippen LogP contribution is 2.33. The Morgan fingerprint density at radius 2 is 2.15 bits per heavy atom. The summed E-state index contributed by atoms with van der Waals surface area (Å²) in [4.78, 5) is 29.1. The molecule has 0 bridgehead atoms. The first-order chi connectivity index (χ1) is 9.66. The average Bonchev–Trinajstić information content (AvgIpc) is 2.99. The second-order valence-corrected chi connectivity index (χ2v) is 4.34. The summed E-state index contributed by atoms with van der Waals surface area (Å²) in [5, 5.41) is 0. The molecule has 3 rings (SSSR count). The van der Waals surface area contributed by atoms with Gasteiger partial charge in [0.1, 0.15) is 12.1 Å². The third-order valence-corrected chi connectivity index (χ3v) is 3.05. The fourth-order valence-corrected chi connectivity index (χ4v) is 2.08. The first kappa shape index (κ1) is 12.2. The van der Waals surface area contributed by atoms with E-state index in [0.717, 1.165) is 0 Å². The van der Waals surface area contributed by atoms with Crippen LogP contribution in [0.2, 0.25) is 0 Å². The molecule has 20 heavy (non-hydrogen) atoms. The molecule has 7 nitrogen and oxygen atoms in total. The Hall–Kier alpha value is -2.83. The standard InChI is InChI=1S/C13H12N4O3/c14-12(18)11-7-17(13(19)16-6-5-15-8-16)9-3-1-2-4-10(9)20-11/h1-6,8,11H,7H2,(H2,14,18). The maximum atomic E-state index is 12.4. The molecule has 1 aliphatic heterocycles. The van der Waals surface area contributed by atoms with Crippen molar-refractivity contribution in [2.45, 2.75) is 6.10 Å². The van der Waals surface area contributed by atoms with Crippen LogP contribution in [-0.2, 0) is 4.79 Å². The van der Waals surface area contributed by atoms with Crippen molar-refractivity contribution in [3.05, 3.63) is 43.0 Å². The third kappa shape index (κ3) is 1.99. The van der Waals surface area contributed by atoms with E-state index in [9.17, 15) is 9.59 Å². The molecule has 1 aromatic heterocycles. The van der Waals surface area contributed by atoms with E-state index in [1.54, 1.807) is 30.5 Å². The second kappa shape index (κ2) is 4.69. The summed E-state index contributed by atoms with van der Waals surface area (Å²) in [5.74, 6) is -0.154. The van der Waals surface area contributed by atoms with Gasteiger partial charge in [-0.2, -0.15) is 0 Å². The average molecular weight is 272 g/mol. The number of hydrogen-bond donors (Lipinski definition) is 1. The predicted molar refractivity (Wildman–Crippen MR) is 70.4 cm³/mol. The number of benzene rings is 1. The molecule has 2 N–H and O–H groups in total. The molecule has 2 aromatic rings. The van der Waals surface area contributed by atoms with Crippen molar-refractivity contribution < 1.29 is 14.3 Å². The summed E-state index contributed by atoms with van der Waals surface area (Å²) in [6.07, 6.45) is 3.59. The number of aromatic nitrogens is 2. The first-order valence-corrected chi connectivity index (χ1v) is 6.01. The number of nitrogens with two attached hydrogens (primary N) is 1. The van der Waals surface area contributed by atoms with E-state index >= 15 is 0 Å². The lowest BCUT2D eigenvalue weighted by molar-refractivity contribution is -0.124. The number of hydrogen-bond acceptors (Lipinski definition) is 4. The fraction of sp³-hybridized carbons (Fsp3) is 0.154. The van der Waals surface area contributed by atoms with E-state index in [4.69, 9.17) is 10.5 Å². The minimum Gasteiger partial charge on any atom is -0.477 e. The Balaban J connectivity index is 2.01. The molecule has 0 radical (unpaired) electrons. The summed E-state index contributed by atoms with van der Waals surface area (Å²) in [7, 11) is 0. The van der Waals surface area contributed by atoms with Crippen LogP contribution in [-0.4, -0.2) is 34.1 Å². The highest BCUT2D eigenvalue weighted by molar-refractivity contribution is 5.97. The summed E-state index contributed by atoms with van der Waals surface area (Å²) < 4.78 is 6.83. The number of primary amides is 1. The van der Waals surface area contributed by atoms with Crippen LogP contribution in [0.5, 0.6) is 5.75 Å². The Kier molecular flexibility index (Phi) is 2.86. The van der Waals surface area contributed by atoms with E-state index in [0.29, 0.717) is 11.4 Å². The van der Waals surface area contributed by atoms with Crippen molar-refractivity contribution in [3.63, 3.8) is 0 Å². The molecular formula is C13H12N4O3. The molecule has 2 amide bonds. The van der Waals surface area contributed by atoms with E-state index in [1.165, 1.54) is 22.0 Å². The summed E-state index contributed by atoms with van der Waals surface area (Å²) in [5.41, 5.74) is 5.88. The van der Waals surface area contributed by atoms with Gasteiger partial charge in [-0.3, -0.25) is 14.3 Å². The van der Waals surface area contributed by atoms with Crippen LogP contribution in [0.15, 0.2) is 43.0 Å². The van der Waals surface area contributed by atoms with Crippen molar-refractivity contribution in [2.24, 2.45) is 5.73 Å². The molecule has 0 fully saturated rings. The highest BCUT2D eigenvalue weighted by Gasteiger charge is 2.33. The van der Waals surface area contributed by atoms with Crippen molar-refractivity contribution in [1.29, 1.82) is 0 Å². The van der Waals surface area contributed by atoms with E-state index < -0.39 is 12.0 Å². The summed E-state index contributed by atoms with van der Waals surface area (Å²) in [6, 6.07) is 6.69. The third-order valence-electron chi connectivity index (χ3n) is 3.05. The Morgan fingerprint density at radius 1 is 1.35 bits per heavy atom. The number of imidazole rings is 1. The van der Waals surface area contributed by atoms with Crippen LogP contribution in [0.4, 0.5) is 10.5 Å². The van der Waals surface area contributed by atoms with Gasteiger partial charge < -0.3 is 10.5 Å². The second-order valence-electron chi connectivity index (χ2n) is 4.34. The van der Waals surface area contributed by atoms with Crippen molar-refractivity contribution in [3.8, 4) is 5.75 Å². The van der Waals surface area contributed by atoms with E-state index in [1.807, 2.05) is 0 Å². The molecule has 1 aromatic carbocycles. The lowest BCUT2D eigenvalue weighted by Crippen LogP contribution is -2.50. The van der Waals surface area contributed by atoms with Crippen LogP contribution < -0.4 is 15.4 Å². The van der Waals surface area contributed by atoms with E-state index in [2.05, 4.69) is 4.98 Å². The number of anilines is 1. The fourth-order valence-electron chi connectivity index (χ4n) is 2.08. The number of carbonyl (C=O) groups is 2. The maximum absolute atomic E-state index is 12.4. The van der Waals surface area contributed by atoms with Gasteiger partial charge in [0.2, 0.25) is 0 Å². The van der Waals surface area contributed by atoms with Crippen LogP contribution in [0.25, 0.3) is 0 Å². The zero-order valence-corrected chi connectivity index (χ0v) is 10.5. The lowest BCUT2D eigenvalue weighted by atomic mass is 10.2. The van der Waals surface area contributed by atoms with Crippen LogP contribution in [0, 0.1) is 0 Å². The van der Waals surface area contributed by atoms with Crippen LogP contribution in [0.1, 0.15) is 0 Å². The van der Waals surface area contributed by atoms with Gasteiger partial charge in [-0.05, 0) is 12.1 Å². The number of rotatable bonds is 1. The number of amides is 2. The Labute approximate surface area is 114 Å². The van der Waals surface area contributed by atoms with Gasteiger partial charge in [-0.1, -0.05) is 12.1 Å². The summed E-state index contributed by atoms with van der Waals surface area (Å²) >= 11 is 0. The molecule has 7 heteroatoms. The summed E-state index contributed by atoms with van der Waals surface area (Å²) in [6.45, 7) is 0.0728. The minimum absolute atomic E-state index is 0.0728. The topological polar surface area (TPSA) is 90.5 Å². The predicted octanol–water partition coefficient (Wildman–Crippen LogP) is 0.604. The number of ether oxygens (including phenoxy) is 1. The zero-order chi connectivity index (χ0) is 14.1. The van der Waals surface area contributed by atoms with Gasteiger partial charge in [-0.25, -0.2) is 9.78 Å². The molecular weight excluding hydrogens is 260 g/mol. The largest absolute Gasteiger partial charge is 0.477 e. The van der Waals surface area contributed by atoms with Crippen molar-refractivity contribution >= 4 is 17.6 Å². The maximum Gasteiger partial charge on any atom is 0.334 e. The number of nitrogens with zero attached hydrogens (tertiary/aromatic N) is 3. The van der Waals surface area contributed by atoms with Gasteiger partial charge in [0, 0.05) is 12.4 Å². The molecule has 0 saturated heterocycles. The van der Waals surface area contributed by atoms with Gasteiger partial charge in [0.15, 0.2) is 6.10 Å². The SMILES string of the molecule is NC(=O)C1CN(C(=O)n2ccnc2)c2ccccc2O1. The number of carbonyl (C=O) groups excluding carboxylic acids is 2.